The lowest BCUT2D eigenvalue weighted by Crippen LogP contribution is -2.17. The zero-order valence-electron chi connectivity index (χ0n) is 8.74. The number of rotatable bonds is 6. The molecule has 78 valence electrons. The van der Waals surface area contributed by atoms with Gasteiger partial charge in [-0.3, -0.25) is 4.68 Å². The second kappa shape index (κ2) is 4.55. The molecule has 2 rings (SSSR count). The highest BCUT2D eigenvalue weighted by molar-refractivity contribution is 4.82. The number of aryl methyl sites for hydroxylation is 1. The van der Waals surface area contributed by atoms with Gasteiger partial charge in [0.2, 0.25) is 0 Å². The monoisotopic (exact) mass is 194 g/mol. The fourth-order valence-corrected chi connectivity index (χ4v) is 1.60. The summed E-state index contributed by atoms with van der Waals surface area (Å²) in [5, 5.41) is 7.41. The maximum Gasteiger partial charge on any atom is 0.140 e. The molecule has 0 bridgehead atoms. The summed E-state index contributed by atoms with van der Waals surface area (Å²) < 4.78 is 1.81. The van der Waals surface area contributed by atoms with Crippen molar-refractivity contribution in [3.63, 3.8) is 0 Å². The zero-order valence-corrected chi connectivity index (χ0v) is 8.74. The first-order valence-electron chi connectivity index (χ1n) is 5.40. The molecular weight excluding hydrogens is 176 g/mol. The van der Waals surface area contributed by atoms with E-state index in [1.165, 1.54) is 25.7 Å². The average Bonchev–Trinajstić information content (AvgIpc) is 2.91. The van der Waals surface area contributed by atoms with Crippen molar-refractivity contribution in [2.75, 3.05) is 6.54 Å². The average molecular weight is 194 g/mol. The fourth-order valence-electron chi connectivity index (χ4n) is 1.60. The Morgan fingerprint density at radius 3 is 3.07 bits per heavy atom. The van der Waals surface area contributed by atoms with E-state index >= 15 is 0 Å². The number of hydrogen-bond acceptors (Lipinski definition) is 3. The molecule has 4 heteroatoms. The van der Waals surface area contributed by atoms with Crippen LogP contribution in [0, 0.1) is 5.92 Å². The van der Waals surface area contributed by atoms with Gasteiger partial charge in [0.15, 0.2) is 0 Å². The van der Waals surface area contributed by atoms with Gasteiger partial charge in [0, 0.05) is 7.05 Å². The molecule has 1 aromatic heterocycles. The predicted octanol–water partition coefficient (Wildman–Crippen LogP) is 1.09. The number of nitrogens with one attached hydrogen (secondary N) is 1. The minimum absolute atomic E-state index is 0.834. The Labute approximate surface area is 84.7 Å². The molecule has 1 aromatic rings. The Bertz CT molecular complexity index is 277. The first kappa shape index (κ1) is 9.65. The van der Waals surface area contributed by atoms with Crippen LogP contribution in [-0.4, -0.2) is 21.3 Å². The summed E-state index contributed by atoms with van der Waals surface area (Å²) in [5.74, 6) is 2.06. The van der Waals surface area contributed by atoms with Crippen molar-refractivity contribution in [1.82, 2.24) is 20.1 Å². The molecule has 0 aromatic carbocycles. The summed E-state index contributed by atoms with van der Waals surface area (Å²) in [6.07, 6.45) is 7.21. The van der Waals surface area contributed by atoms with Crippen LogP contribution in [0.5, 0.6) is 0 Å². The molecule has 0 amide bonds. The molecule has 1 N–H and O–H groups in total. The van der Waals surface area contributed by atoms with E-state index in [2.05, 4.69) is 15.4 Å². The summed E-state index contributed by atoms with van der Waals surface area (Å²) in [7, 11) is 1.92. The van der Waals surface area contributed by atoms with Crippen LogP contribution in [0.1, 0.15) is 31.5 Å². The third-order valence-corrected chi connectivity index (χ3v) is 2.75. The molecule has 1 aliphatic carbocycles. The topological polar surface area (TPSA) is 42.7 Å². The summed E-state index contributed by atoms with van der Waals surface area (Å²) in [4.78, 5) is 4.15. The van der Waals surface area contributed by atoms with Crippen molar-refractivity contribution in [2.24, 2.45) is 13.0 Å². The van der Waals surface area contributed by atoms with Crippen molar-refractivity contribution in [3.8, 4) is 0 Å². The van der Waals surface area contributed by atoms with Gasteiger partial charge in [-0.2, -0.15) is 5.10 Å². The molecule has 0 atom stereocenters. The summed E-state index contributed by atoms with van der Waals surface area (Å²) in [5.41, 5.74) is 0. The Kier molecular flexibility index (Phi) is 3.14. The normalized spacial score (nSPS) is 16.1. The van der Waals surface area contributed by atoms with Gasteiger partial charge in [-0.15, -0.1) is 0 Å². The number of hydrogen-bond donors (Lipinski definition) is 1. The molecule has 0 radical (unpaired) electrons. The van der Waals surface area contributed by atoms with Gasteiger partial charge in [0.25, 0.3) is 0 Å². The Balaban J connectivity index is 1.56. The van der Waals surface area contributed by atoms with Crippen LogP contribution in [0.25, 0.3) is 0 Å². The molecule has 14 heavy (non-hydrogen) atoms. The van der Waals surface area contributed by atoms with E-state index in [1.54, 1.807) is 6.33 Å². The molecule has 0 unspecified atom stereocenters. The number of nitrogens with zero attached hydrogens (tertiary/aromatic N) is 3. The highest BCUT2D eigenvalue weighted by Gasteiger charge is 2.19. The minimum atomic E-state index is 0.834. The van der Waals surface area contributed by atoms with Crippen LogP contribution >= 0.6 is 0 Å². The molecule has 1 saturated carbocycles. The van der Waals surface area contributed by atoms with E-state index in [-0.39, 0.29) is 0 Å². The van der Waals surface area contributed by atoms with Gasteiger partial charge in [0.05, 0.1) is 6.54 Å². The van der Waals surface area contributed by atoms with Crippen molar-refractivity contribution in [1.29, 1.82) is 0 Å². The SMILES string of the molecule is Cn1ncnc1CNCCCC1CC1. The molecule has 0 spiro atoms. The first-order chi connectivity index (χ1) is 6.86. The van der Waals surface area contributed by atoms with E-state index in [9.17, 15) is 0 Å². The van der Waals surface area contributed by atoms with Gasteiger partial charge >= 0.3 is 0 Å². The van der Waals surface area contributed by atoms with Crippen LogP contribution in [0.4, 0.5) is 0 Å². The van der Waals surface area contributed by atoms with Crippen molar-refractivity contribution in [3.05, 3.63) is 12.2 Å². The highest BCUT2D eigenvalue weighted by Crippen LogP contribution is 2.33. The van der Waals surface area contributed by atoms with Gasteiger partial charge < -0.3 is 5.32 Å². The van der Waals surface area contributed by atoms with Crippen molar-refractivity contribution < 1.29 is 0 Å². The summed E-state index contributed by atoms with van der Waals surface area (Å²) in [6, 6.07) is 0. The van der Waals surface area contributed by atoms with Gasteiger partial charge in [-0.05, 0) is 25.3 Å². The van der Waals surface area contributed by atoms with Gasteiger partial charge in [-0.1, -0.05) is 12.8 Å². The lowest BCUT2D eigenvalue weighted by molar-refractivity contribution is 0.567. The largest absolute Gasteiger partial charge is 0.310 e. The second-order valence-corrected chi connectivity index (χ2v) is 4.06. The number of aromatic nitrogens is 3. The molecule has 1 aliphatic rings. The predicted molar refractivity (Wildman–Crippen MR) is 54.7 cm³/mol. The molecule has 0 saturated heterocycles. The lowest BCUT2D eigenvalue weighted by atomic mass is 10.2. The lowest BCUT2D eigenvalue weighted by Gasteiger charge is -2.03. The van der Waals surface area contributed by atoms with E-state index in [1.807, 2.05) is 11.7 Å². The van der Waals surface area contributed by atoms with Crippen LogP contribution < -0.4 is 5.32 Å². The Morgan fingerprint density at radius 2 is 2.43 bits per heavy atom. The summed E-state index contributed by atoms with van der Waals surface area (Å²) in [6.45, 7) is 1.94. The van der Waals surface area contributed by atoms with E-state index < -0.39 is 0 Å². The third-order valence-electron chi connectivity index (χ3n) is 2.75. The van der Waals surface area contributed by atoms with Crippen LogP contribution in [0.3, 0.4) is 0 Å². The minimum Gasteiger partial charge on any atom is -0.310 e. The van der Waals surface area contributed by atoms with Crippen molar-refractivity contribution in [2.45, 2.75) is 32.2 Å². The maximum absolute atomic E-state index is 4.15. The van der Waals surface area contributed by atoms with E-state index in [4.69, 9.17) is 0 Å². The quantitative estimate of drug-likeness (QED) is 0.689. The van der Waals surface area contributed by atoms with Gasteiger partial charge in [0.1, 0.15) is 12.2 Å². The zero-order chi connectivity index (χ0) is 9.80. The highest BCUT2D eigenvalue weighted by atomic mass is 15.3. The standard InChI is InChI=1S/C10H18N4/c1-14-10(12-8-13-14)7-11-6-2-3-9-4-5-9/h8-9,11H,2-7H2,1H3. The summed E-state index contributed by atoms with van der Waals surface area (Å²) >= 11 is 0. The van der Waals surface area contributed by atoms with Crippen molar-refractivity contribution >= 4 is 0 Å². The molecule has 0 aliphatic heterocycles. The van der Waals surface area contributed by atoms with Gasteiger partial charge in [-0.25, -0.2) is 4.98 Å². The molecule has 1 fully saturated rings. The third kappa shape index (κ3) is 2.80. The van der Waals surface area contributed by atoms with Crippen LogP contribution in [-0.2, 0) is 13.6 Å². The maximum atomic E-state index is 4.15. The molecular formula is C10H18N4. The molecule has 1 heterocycles. The Morgan fingerprint density at radius 1 is 1.57 bits per heavy atom. The fraction of sp³-hybridized carbons (Fsp3) is 0.800. The second-order valence-electron chi connectivity index (χ2n) is 4.06. The van der Waals surface area contributed by atoms with Crippen LogP contribution in [0.2, 0.25) is 0 Å². The van der Waals surface area contributed by atoms with E-state index in [0.29, 0.717) is 0 Å². The van der Waals surface area contributed by atoms with E-state index in [0.717, 1.165) is 24.8 Å². The first-order valence-corrected chi connectivity index (χ1v) is 5.40. The molecule has 4 nitrogen and oxygen atoms in total. The Hall–Kier alpha value is -0.900. The van der Waals surface area contributed by atoms with Crippen LogP contribution in [0.15, 0.2) is 6.33 Å². The smallest absolute Gasteiger partial charge is 0.140 e.